The predicted octanol–water partition coefficient (Wildman–Crippen LogP) is 1.08. The van der Waals surface area contributed by atoms with Gasteiger partial charge in [0.2, 0.25) is 0 Å². The number of cyclic esters (lactones) is 1. The van der Waals surface area contributed by atoms with Crippen molar-refractivity contribution in [3.05, 3.63) is 23.8 Å². The van der Waals surface area contributed by atoms with E-state index in [1.807, 2.05) is 6.08 Å². The molecule has 82 valence electrons. The Morgan fingerprint density at radius 3 is 3.00 bits per heavy atom. The molecule has 4 nitrogen and oxygen atoms in total. The summed E-state index contributed by atoms with van der Waals surface area (Å²) >= 11 is 0. The van der Waals surface area contributed by atoms with Crippen LogP contribution in [0.15, 0.2) is 23.8 Å². The minimum Gasteiger partial charge on any atom is -0.447 e. The van der Waals surface area contributed by atoms with Crippen molar-refractivity contribution in [3.8, 4) is 0 Å². The third-order valence-electron chi connectivity index (χ3n) is 2.59. The zero-order valence-electron chi connectivity index (χ0n) is 8.56. The number of rotatable bonds is 4. The first kappa shape index (κ1) is 10.2. The van der Waals surface area contributed by atoms with Crippen LogP contribution in [-0.4, -0.2) is 41.9 Å². The lowest BCUT2D eigenvalue weighted by Gasteiger charge is -2.16. The molecule has 2 rings (SSSR count). The van der Waals surface area contributed by atoms with Crippen LogP contribution in [0.1, 0.15) is 12.8 Å². The largest absolute Gasteiger partial charge is 0.447 e. The summed E-state index contributed by atoms with van der Waals surface area (Å²) in [6.07, 6.45) is 7.62. The summed E-state index contributed by atoms with van der Waals surface area (Å²) in [5.41, 5.74) is 1.42. The first-order valence-corrected chi connectivity index (χ1v) is 5.20. The lowest BCUT2D eigenvalue weighted by molar-refractivity contribution is 0.160. The second-order valence-corrected chi connectivity index (χ2v) is 3.77. The molecule has 2 fully saturated rings. The van der Waals surface area contributed by atoms with E-state index < -0.39 is 0 Å². The fourth-order valence-corrected chi connectivity index (χ4v) is 1.56. The summed E-state index contributed by atoms with van der Waals surface area (Å²) in [5.74, 6) is 0. The maximum Gasteiger partial charge on any atom is 0.410 e. The van der Waals surface area contributed by atoms with E-state index in [9.17, 15) is 4.79 Å². The molecule has 4 heteroatoms. The summed E-state index contributed by atoms with van der Waals surface area (Å²) in [6, 6.07) is -0.0275. The Hall–Kier alpha value is -1.29. The number of hydrogen-bond acceptors (Lipinski definition) is 3. The molecular formula is C11H15NO3. The minimum absolute atomic E-state index is 0.000377. The van der Waals surface area contributed by atoms with E-state index >= 15 is 0 Å². The number of hydrogen-bond donors (Lipinski definition) is 1. The molecule has 0 unspecified atom stereocenters. The average molecular weight is 209 g/mol. The van der Waals surface area contributed by atoms with Gasteiger partial charge in [0, 0.05) is 6.54 Å². The van der Waals surface area contributed by atoms with Crippen molar-refractivity contribution in [2.24, 2.45) is 0 Å². The molecule has 0 spiro atoms. The van der Waals surface area contributed by atoms with Gasteiger partial charge in [-0.25, -0.2) is 4.79 Å². The third kappa shape index (κ3) is 2.59. The van der Waals surface area contributed by atoms with E-state index in [2.05, 4.69) is 6.08 Å². The van der Waals surface area contributed by atoms with Gasteiger partial charge < -0.3 is 9.84 Å². The fourth-order valence-electron chi connectivity index (χ4n) is 1.56. The van der Waals surface area contributed by atoms with Gasteiger partial charge in [0.15, 0.2) is 0 Å². The van der Waals surface area contributed by atoms with Gasteiger partial charge in [0.1, 0.15) is 6.61 Å². The summed E-state index contributed by atoms with van der Waals surface area (Å²) in [5, 5.41) is 8.66. The van der Waals surface area contributed by atoms with Crippen molar-refractivity contribution in [2.45, 2.75) is 18.9 Å². The average Bonchev–Trinajstić information content (AvgIpc) is 2.99. The Balaban J connectivity index is 1.94. The molecule has 1 saturated carbocycles. The van der Waals surface area contributed by atoms with Gasteiger partial charge in [0.05, 0.1) is 12.6 Å². The van der Waals surface area contributed by atoms with Crippen molar-refractivity contribution in [1.82, 2.24) is 4.90 Å². The number of amides is 1. The second kappa shape index (κ2) is 4.49. The SMILES string of the molecule is O=C1OC[C@@H](/C=C/CO)N1CC=C1CC1. The molecule has 1 amide bonds. The van der Waals surface area contributed by atoms with Crippen LogP contribution < -0.4 is 0 Å². The Morgan fingerprint density at radius 1 is 1.53 bits per heavy atom. The first-order chi connectivity index (χ1) is 7.31. The van der Waals surface area contributed by atoms with Crippen LogP contribution in [0.3, 0.4) is 0 Å². The lowest BCUT2D eigenvalue weighted by atomic mass is 10.2. The Bertz CT molecular complexity index is 303. The van der Waals surface area contributed by atoms with Gasteiger partial charge in [-0.05, 0) is 12.8 Å². The highest BCUT2D eigenvalue weighted by Crippen LogP contribution is 2.27. The number of carbonyl (C=O) groups is 1. The molecule has 0 aromatic carbocycles. The molecule has 0 aromatic rings. The van der Waals surface area contributed by atoms with E-state index in [1.54, 1.807) is 11.0 Å². The zero-order chi connectivity index (χ0) is 10.7. The van der Waals surface area contributed by atoms with Crippen LogP contribution in [0.25, 0.3) is 0 Å². The van der Waals surface area contributed by atoms with E-state index in [1.165, 1.54) is 18.4 Å². The van der Waals surface area contributed by atoms with Gasteiger partial charge >= 0.3 is 6.09 Å². The van der Waals surface area contributed by atoms with Gasteiger partial charge in [-0.15, -0.1) is 0 Å². The molecule has 2 aliphatic rings. The molecule has 0 radical (unpaired) electrons. The third-order valence-corrected chi connectivity index (χ3v) is 2.59. The molecule has 1 N–H and O–H groups in total. The highest BCUT2D eigenvalue weighted by Gasteiger charge is 2.30. The highest BCUT2D eigenvalue weighted by atomic mass is 16.6. The molecule has 1 heterocycles. The number of allylic oxidation sites excluding steroid dienone is 1. The van der Waals surface area contributed by atoms with Crippen molar-refractivity contribution < 1.29 is 14.6 Å². The van der Waals surface area contributed by atoms with Gasteiger partial charge in [-0.2, -0.15) is 0 Å². The lowest BCUT2D eigenvalue weighted by Crippen LogP contribution is -2.32. The Morgan fingerprint density at radius 2 is 2.33 bits per heavy atom. The van der Waals surface area contributed by atoms with Gasteiger partial charge in [-0.3, -0.25) is 4.90 Å². The van der Waals surface area contributed by atoms with E-state index in [0.29, 0.717) is 13.2 Å². The van der Waals surface area contributed by atoms with Crippen molar-refractivity contribution in [3.63, 3.8) is 0 Å². The smallest absolute Gasteiger partial charge is 0.410 e. The van der Waals surface area contributed by atoms with Gasteiger partial charge in [-0.1, -0.05) is 23.8 Å². The van der Waals surface area contributed by atoms with Crippen LogP contribution in [0.4, 0.5) is 4.79 Å². The standard InChI is InChI=1S/C11H15NO3/c13-7-1-2-10-8-15-11(14)12(10)6-5-9-3-4-9/h1-2,5,10,13H,3-4,6-8H2/b2-1+/t10-/m1/s1. The number of nitrogens with zero attached hydrogens (tertiary/aromatic N) is 1. The molecule has 0 bridgehead atoms. The summed E-state index contributed by atoms with van der Waals surface area (Å²) in [7, 11) is 0. The van der Waals surface area contributed by atoms with Crippen LogP contribution in [-0.2, 0) is 4.74 Å². The van der Waals surface area contributed by atoms with Crippen LogP contribution in [0.5, 0.6) is 0 Å². The maximum atomic E-state index is 11.4. The number of ether oxygens (including phenoxy) is 1. The van der Waals surface area contributed by atoms with Crippen LogP contribution in [0.2, 0.25) is 0 Å². The monoisotopic (exact) mass is 209 g/mol. The minimum atomic E-state index is -0.264. The quantitative estimate of drug-likeness (QED) is 0.705. The number of aliphatic hydroxyl groups excluding tert-OH is 1. The normalized spacial score (nSPS) is 24.9. The van der Waals surface area contributed by atoms with Crippen molar-refractivity contribution in [1.29, 1.82) is 0 Å². The van der Waals surface area contributed by atoms with Crippen molar-refractivity contribution >= 4 is 6.09 Å². The van der Waals surface area contributed by atoms with Crippen molar-refractivity contribution in [2.75, 3.05) is 19.8 Å². The molecule has 1 aliphatic carbocycles. The number of carbonyl (C=O) groups excluding carboxylic acids is 1. The number of aliphatic hydroxyl groups is 1. The molecule has 1 saturated heterocycles. The zero-order valence-corrected chi connectivity index (χ0v) is 8.56. The highest BCUT2D eigenvalue weighted by molar-refractivity contribution is 5.70. The Kier molecular flexibility index (Phi) is 3.06. The molecular weight excluding hydrogens is 194 g/mol. The van der Waals surface area contributed by atoms with Gasteiger partial charge in [0.25, 0.3) is 0 Å². The molecule has 1 atom stereocenters. The van der Waals surface area contributed by atoms with Crippen LogP contribution >= 0.6 is 0 Å². The molecule has 15 heavy (non-hydrogen) atoms. The fraction of sp³-hybridized carbons (Fsp3) is 0.545. The van der Waals surface area contributed by atoms with E-state index in [4.69, 9.17) is 9.84 Å². The molecule has 1 aliphatic heterocycles. The van der Waals surface area contributed by atoms with E-state index in [-0.39, 0.29) is 18.7 Å². The first-order valence-electron chi connectivity index (χ1n) is 5.20. The molecule has 0 aromatic heterocycles. The Labute approximate surface area is 88.8 Å². The van der Waals surface area contributed by atoms with E-state index in [0.717, 1.165) is 0 Å². The topological polar surface area (TPSA) is 49.8 Å². The van der Waals surface area contributed by atoms with Crippen LogP contribution in [0, 0.1) is 0 Å². The second-order valence-electron chi connectivity index (χ2n) is 3.77. The summed E-state index contributed by atoms with van der Waals surface area (Å²) in [6.45, 7) is 1.01. The summed E-state index contributed by atoms with van der Waals surface area (Å²) in [4.78, 5) is 13.0. The predicted molar refractivity (Wildman–Crippen MR) is 55.4 cm³/mol. The maximum absolute atomic E-state index is 11.4. The summed E-state index contributed by atoms with van der Waals surface area (Å²) < 4.78 is 4.95.